The number of hydrogen-bond donors (Lipinski definition) is 2. The average Bonchev–Trinajstić information content (AvgIpc) is 2.25. The molecule has 0 aliphatic heterocycles. The van der Waals surface area contributed by atoms with Crippen LogP contribution in [0, 0.1) is 5.92 Å². The molecule has 1 rings (SSSR count). The maximum Gasteiger partial charge on any atom is 0.140 e. The summed E-state index contributed by atoms with van der Waals surface area (Å²) in [4.78, 5) is 11.8. The van der Waals surface area contributed by atoms with Crippen molar-refractivity contribution in [2.75, 3.05) is 6.54 Å². The molecule has 0 aliphatic rings. The van der Waals surface area contributed by atoms with Crippen molar-refractivity contribution in [3.63, 3.8) is 0 Å². The predicted octanol–water partition coefficient (Wildman–Crippen LogP) is 1.88. The van der Waals surface area contributed by atoms with Gasteiger partial charge >= 0.3 is 0 Å². The third-order valence-electron chi connectivity index (χ3n) is 2.68. The van der Waals surface area contributed by atoms with Gasteiger partial charge in [-0.25, -0.2) is 0 Å². The summed E-state index contributed by atoms with van der Waals surface area (Å²) >= 11 is 0. The monoisotopic (exact) mass is 221 g/mol. The lowest BCUT2D eigenvalue weighted by Crippen LogP contribution is -2.15. The van der Waals surface area contributed by atoms with Crippen LogP contribution in [0.25, 0.3) is 0 Å². The van der Waals surface area contributed by atoms with Crippen molar-refractivity contribution in [3.05, 3.63) is 29.8 Å². The lowest BCUT2D eigenvalue weighted by molar-refractivity contribution is -0.121. The van der Waals surface area contributed by atoms with E-state index in [-0.39, 0.29) is 17.5 Å². The van der Waals surface area contributed by atoms with E-state index in [2.05, 4.69) is 0 Å². The number of aromatic hydroxyl groups is 1. The lowest BCUT2D eigenvalue weighted by Gasteiger charge is -2.09. The predicted molar refractivity (Wildman–Crippen MR) is 64.3 cm³/mol. The summed E-state index contributed by atoms with van der Waals surface area (Å²) in [6.45, 7) is 2.56. The van der Waals surface area contributed by atoms with Gasteiger partial charge in [0.15, 0.2) is 0 Å². The third kappa shape index (κ3) is 4.03. The van der Waals surface area contributed by atoms with Crippen molar-refractivity contribution in [2.45, 2.75) is 26.2 Å². The summed E-state index contributed by atoms with van der Waals surface area (Å²) in [5, 5.41) is 9.28. The van der Waals surface area contributed by atoms with Gasteiger partial charge in [-0.15, -0.1) is 0 Å². The van der Waals surface area contributed by atoms with Crippen LogP contribution in [0.2, 0.25) is 0 Å². The van der Waals surface area contributed by atoms with Gasteiger partial charge in [0, 0.05) is 12.3 Å². The van der Waals surface area contributed by atoms with E-state index < -0.39 is 0 Å². The number of hydrogen-bond acceptors (Lipinski definition) is 3. The lowest BCUT2D eigenvalue weighted by atomic mass is 9.95. The van der Waals surface area contributed by atoms with E-state index in [1.165, 1.54) is 0 Å². The Morgan fingerprint density at radius 3 is 2.88 bits per heavy atom. The number of nitrogens with two attached hydrogens (primary N) is 1. The van der Waals surface area contributed by atoms with Crippen LogP contribution in [0.1, 0.15) is 25.3 Å². The number of phenolic OH excluding ortho intramolecular Hbond substituents is 1. The smallest absolute Gasteiger partial charge is 0.140 e. The Morgan fingerprint density at radius 1 is 1.50 bits per heavy atom. The number of Topliss-reactive ketones (excluding diaryl/α,β-unsaturated/α-hetero) is 1. The molecule has 3 heteroatoms. The first-order valence-electron chi connectivity index (χ1n) is 5.64. The maximum atomic E-state index is 11.8. The Balaban J connectivity index is 2.50. The standard InChI is InChI=1S/C13H19NO2/c1-10(4-3-7-14)13(16)9-11-5-2-6-12(15)8-11/h2,5-6,8,10,15H,3-4,7,9,14H2,1H3. The minimum atomic E-state index is 0.0471. The van der Waals surface area contributed by atoms with Crippen LogP contribution >= 0.6 is 0 Å². The highest BCUT2D eigenvalue weighted by Crippen LogP contribution is 2.15. The Labute approximate surface area is 96.3 Å². The fourth-order valence-electron chi connectivity index (χ4n) is 1.63. The molecule has 0 fully saturated rings. The van der Waals surface area contributed by atoms with Crippen LogP contribution in [0.3, 0.4) is 0 Å². The summed E-state index contributed by atoms with van der Waals surface area (Å²) in [6.07, 6.45) is 2.11. The van der Waals surface area contributed by atoms with Gasteiger partial charge in [-0.05, 0) is 37.1 Å². The summed E-state index contributed by atoms with van der Waals surface area (Å²) in [7, 11) is 0. The van der Waals surface area contributed by atoms with Gasteiger partial charge in [0.25, 0.3) is 0 Å². The van der Waals surface area contributed by atoms with Crippen molar-refractivity contribution in [3.8, 4) is 5.75 Å². The zero-order chi connectivity index (χ0) is 12.0. The fourth-order valence-corrected chi connectivity index (χ4v) is 1.63. The summed E-state index contributed by atoms with van der Waals surface area (Å²) in [6, 6.07) is 6.84. The Hall–Kier alpha value is -1.35. The largest absolute Gasteiger partial charge is 0.508 e. The molecule has 1 aromatic carbocycles. The molecular weight excluding hydrogens is 202 g/mol. The first kappa shape index (κ1) is 12.7. The molecule has 88 valence electrons. The zero-order valence-electron chi connectivity index (χ0n) is 9.65. The summed E-state index contributed by atoms with van der Waals surface area (Å²) in [5.74, 6) is 0.463. The molecule has 0 heterocycles. The van der Waals surface area contributed by atoms with Crippen LogP contribution in [-0.4, -0.2) is 17.4 Å². The van der Waals surface area contributed by atoms with Gasteiger partial charge in [0.1, 0.15) is 11.5 Å². The maximum absolute atomic E-state index is 11.8. The molecule has 0 radical (unpaired) electrons. The normalized spacial score (nSPS) is 12.4. The van der Waals surface area contributed by atoms with E-state index in [1.54, 1.807) is 18.2 Å². The van der Waals surface area contributed by atoms with Gasteiger partial charge in [-0.2, -0.15) is 0 Å². The van der Waals surface area contributed by atoms with Gasteiger partial charge in [0.05, 0.1) is 0 Å². The molecular formula is C13H19NO2. The molecule has 1 atom stereocenters. The topological polar surface area (TPSA) is 63.3 Å². The summed E-state index contributed by atoms with van der Waals surface area (Å²) < 4.78 is 0. The first-order valence-corrected chi connectivity index (χ1v) is 5.64. The number of carbonyl (C=O) groups is 1. The van der Waals surface area contributed by atoms with Crippen molar-refractivity contribution >= 4 is 5.78 Å². The number of phenols is 1. The second-order valence-corrected chi connectivity index (χ2v) is 4.14. The van der Waals surface area contributed by atoms with E-state index in [1.807, 2.05) is 13.0 Å². The fraction of sp³-hybridized carbons (Fsp3) is 0.462. The van der Waals surface area contributed by atoms with E-state index in [4.69, 9.17) is 5.73 Å². The van der Waals surface area contributed by atoms with Crippen LogP contribution in [0.4, 0.5) is 0 Å². The van der Waals surface area contributed by atoms with Crippen LogP contribution in [0.15, 0.2) is 24.3 Å². The second-order valence-electron chi connectivity index (χ2n) is 4.14. The number of benzene rings is 1. The molecule has 0 spiro atoms. The first-order chi connectivity index (χ1) is 7.63. The van der Waals surface area contributed by atoms with E-state index in [0.29, 0.717) is 13.0 Å². The van der Waals surface area contributed by atoms with Gasteiger partial charge in [-0.3, -0.25) is 4.79 Å². The van der Waals surface area contributed by atoms with E-state index >= 15 is 0 Å². The molecule has 3 nitrogen and oxygen atoms in total. The van der Waals surface area contributed by atoms with E-state index in [9.17, 15) is 9.90 Å². The molecule has 0 saturated heterocycles. The summed E-state index contributed by atoms with van der Waals surface area (Å²) in [5.41, 5.74) is 6.27. The number of ketones is 1. The van der Waals surface area contributed by atoms with Gasteiger partial charge in [-0.1, -0.05) is 19.1 Å². The molecule has 1 aromatic rings. The van der Waals surface area contributed by atoms with Crippen molar-refractivity contribution in [1.82, 2.24) is 0 Å². The van der Waals surface area contributed by atoms with E-state index in [0.717, 1.165) is 18.4 Å². The number of rotatable bonds is 6. The minimum Gasteiger partial charge on any atom is -0.508 e. The van der Waals surface area contributed by atoms with Crippen molar-refractivity contribution < 1.29 is 9.90 Å². The highest BCUT2D eigenvalue weighted by atomic mass is 16.3. The Morgan fingerprint density at radius 2 is 2.25 bits per heavy atom. The molecule has 3 N–H and O–H groups in total. The Bertz CT molecular complexity index is 350. The van der Waals surface area contributed by atoms with Crippen molar-refractivity contribution in [1.29, 1.82) is 0 Å². The van der Waals surface area contributed by atoms with Crippen molar-refractivity contribution in [2.24, 2.45) is 11.7 Å². The van der Waals surface area contributed by atoms with Crippen LogP contribution in [-0.2, 0) is 11.2 Å². The SMILES string of the molecule is CC(CCCN)C(=O)Cc1cccc(O)c1. The van der Waals surface area contributed by atoms with Gasteiger partial charge in [0.2, 0.25) is 0 Å². The van der Waals surface area contributed by atoms with Crippen LogP contribution in [0.5, 0.6) is 5.75 Å². The molecule has 1 unspecified atom stereocenters. The second kappa shape index (κ2) is 6.28. The third-order valence-corrected chi connectivity index (χ3v) is 2.68. The quantitative estimate of drug-likeness (QED) is 0.771. The van der Waals surface area contributed by atoms with Crippen LogP contribution < -0.4 is 5.73 Å². The highest BCUT2D eigenvalue weighted by molar-refractivity contribution is 5.83. The molecule has 0 bridgehead atoms. The highest BCUT2D eigenvalue weighted by Gasteiger charge is 2.12. The Kier molecular flexibility index (Phi) is 4.99. The molecule has 0 saturated carbocycles. The minimum absolute atomic E-state index is 0.0471. The molecule has 16 heavy (non-hydrogen) atoms. The zero-order valence-corrected chi connectivity index (χ0v) is 9.65. The average molecular weight is 221 g/mol. The number of carbonyl (C=O) groups excluding carboxylic acids is 1. The molecule has 0 aliphatic carbocycles. The molecule has 0 aromatic heterocycles. The molecule has 0 amide bonds. The van der Waals surface area contributed by atoms with Gasteiger partial charge < -0.3 is 10.8 Å².